The van der Waals surface area contributed by atoms with Crippen LogP contribution in [-0.2, 0) is 20.0 Å². The standard InChI is InChI=1S/C15H17N3O/c1-16-10-12-8-7-11(19-12)9-15-17-13-5-3-4-6-14(13)18(15)2/h3-8,16H,9-10H2,1-2H3. The van der Waals surface area contributed by atoms with Crippen molar-refractivity contribution in [3.05, 3.63) is 53.7 Å². The molecule has 4 nitrogen and oxygen atoms in total. The zero-order valence-electron chi connectivity index (χ0n) is 11.2. The Hall–Kier alpha value is -2.07. The highest BCUT2D eigenvalue weighted by Gasteiger charge is 2.10. The van der Waals surface area contributed by atoms with Crippen LogP contribution in [0.5, 0.6) is 0 Å². The Labute approximate surface area is 112 Å². The van der Waals surface area contributed by atoms with Crippen molar-refractivity contribution in [2.45, 2.75) is 13.0 Å². The molecule has 0 amide bonds. The predicted molar refractivity (Wildman–Crippen MR) is 75.0 cm³/mol. The van der Waals surface area contributed by atoms with Crippen LogP contribution in [0, 0.1) is 0 Å². The van der Waals surface area contributed by atoms with Gasteiger partial charge in [-0.25, -0.2) is 4.98 Å². The summed E-state index contributed by atoms with van der Waals surface area (Å²) in [6.07, 6.45) is 0.717. The second-order valence-corrected chi connectivity index (χ2v) is 4.65. The first-order chi connectivity index (χ1) is 9.28. The van der Waals surface area contributed by atoms with Gasteiger partial charge in [-0.05, 0) is 31.3 Å². The number of nitrogens with one attached hydrogen (secondary N) is 1. The van der Waals surface area contributed by atoms with Crippen LogP contribution in [0.1, 0.15) is 17.3 Å². The molecule has 19 heavy (non-hydrogen) atoms. The number of para-hydroxylation sites is 2. The lowest BCUT2D eigenvalue weighted by molar-refractivity contribution is 0.459. The topological polar surface area (TPSA) is 43.0 Å². The van der Waals surface area contributed by atoms with Gasteiger partial charge in [0.15, 0.2) is 0 Å². The molecule has 0 aliphatic carbocycles. The highest BCUT2D eigenvalue weighted by atomic mass is 16.3. The molecule has 98 valence electrons. The van der Waals surface area contributed by atoms with Gasteiger partial charge in [0.25, 0.3) is 0 Å². The van der Waals surface area contributed by atoms with Crippen molar-refractivity contribution >= 4 is 11.0 Å². The maximum Gasteiger partial charge on any atom is 0.117 e. The number of rotatable bonds is 4. The Balaban J connectivity index is 1.89. The fraction of sp³-hybridized carbons (Fsp3) is 0.267. The highest BCUT2D eigenvalue weighted by molar-refractivity contribution is 5.75. The fourth-order valence-corrected chi connectivity index (χ4v) is 2.30. The van der Waals surface area contributed by atoms with Gasteiger partial charge < -0.3 is 14.3 Å². The smallest absolute Gasteiger partial charge is 0.117 e. The minimum atomic E-state index is 0.717. The number of furan rings is 1. The number of aryl methyl sites for hydroxylation is 1. The van der Waals surface area contributed by atoms with Crippen LogP contribution < -0.4 is 5.32 Å². The summed E-state index contributed by atoms with van der Waals surface area (Å²) in [4.78, 5) is 4.65. The maximum absolute atomic E-state index is 5.76. The summed E-state index contributed by atoms with van der Waals surface area (Å²) in [5.74, 6) is 2.92. The van der Waals surface area contributed by atoms with Crippen LogP contribution in [0.15, 0.2) is 40.8 Å². The fourth-order valence-electron chi connectivity index (χ4n) is 2.30. The Bertz CT molecular complexity index is 696. The van der Waals surface area contributed by atoms with Crippen LogP contribution in [0.3, 0.4) is 0 Å². The first-order valence-corrected chi connectivity index (χ1v) is 6.40. The minimum absolute atomic E-state index is 0.717. The van der Waals surface area contributed by atoms with Crippen molar-refractivity contribution in [2.24, 2.45) is 7.05 Å². The van der Waals surface area contributed by atoms with Gasteiger partial charge in [-0.3, -0.25) is 0 Å². The average molecular weight is 255 g/mol. The van der Waals surface area contributed by atoms with Gasteiger partial charge in [-0.1, -0.05) is 12.1 Å². The quantitative estimate of drug-likeness (QED) is 0.779. The van der Waals surface area contributed by atoms with E-state index >= 15 is 0 Å². The number of hydrogen-bond donors (Lipinski definition) is 1. The molecule has 2 aromatic heterocycles. The monoisotopic (exact) mass is 255 g/mol. The average Bonchev–Trinajstić information content (AvgIpc) is 2.97. The van der Waals surface area contributed by atoms with Gasteiger partial charge in [0.2, 0.25) is 0 Å². The maximum atomic E-state index is 5.76. The Morgan fingerprint density at radius 1 is 1.16 bits per heavy atom. The van der Waals surface area contributed by atoms with E-state index in [2.05, 4.69) is 20.9 Å². The molecule has 3 aromatic rings. The molecule has 0 bridgehead atoms. The van der Waals surface area contributed by atoms with Crippen LogP contribution in [0.25, 0.3) is 11.0 Å². The van der Waals surface area contributed by atoms with Gasteiger partial charge in [0, 0.05) is 7.05 Å². The number of aromatic nitrogens is 2. The summed E-state index contributed by atoms with van der Waals surface area (Å²) in [6, 6.07) is 12.2. The molecule has 0 fully saturated rings. The molecule has 0 atom stereocenters. The summed E-state index contributed by atoms with van der Waals surface area (Å²) in [7, 11) is 3.95. The molecule has 0 unspecified atom stereocenters. The molecule has 0 saturated heterocycles. The summed E-state index contributed by atoms with van der Waals surface area (Å²) >= 11 is 0. The van der Waals surface area contributed by atoms with E-state index in [-0.39, 0.29) is 0 Å². The Morgan fingerprint density at radius 2 is 1.95 bits per heavy atom. The van der Waals surface area contributed by atoms with Crippen LogP contribution in [0.2, 0.25) is 0 Å². The number of nitrogens with zero attached hydrogens (tertiary/aromatic N) is 2. The van der Waals surface area contributed by atoms with E-state index < -0.39 is 0 Å². The lowest BCUT2D eigenvalue weighted by Crippen LogP contribution is -2.03. The van der Waals surface area contributed by atoms with Crippen molar-refractivity contribution in [3.8, 4) is 0 Å². The normalized spacial score (nSPS) is 11.3. The van der Waals surface area contributed by atoms with Crippen molar-refractivity contribution in [1.82, 2.24) is 14.9 Å². The number of hydrogen-bond acceptors (Lipinski definition) is 3. The van der Waals surface area contributed by atoms with Crippen molar-refractivity contribution in [3.63, 3.8) is 0 Å². The Morgan fingerprint density at radius 3 is 2.74 bits per heavy atom. The summed E-state index contributed by atoms with van der Waals surface area (Å²) < 4.78 is 7.88. The molecule has 1 N–H and O–H groups in total. The molecule has 0 saturated carbocycles. The van der Waals surface area contributed by atoms with Gasteiger partial charge in [-0.2, -0.15) is 0 Å². The molecule has 0 aliphatic rings. The van der Waals surface area contributed by atoms with Crippen molar-refractivity contribution < 1.29 is 4.42 Å². The minimum Gasteiger partial charge on any atom is -0.464 e. The first-order valence-electron chi connectivity index (χ1n) is 6.40. The van der Waals surface area contributed by atoms with E-state index in [4.69, 9.17) is 4.42 Å². The second-order valence-electron chi connectivity index (χ2n) is 4.65. The SMILES string of the molecule is CNCc1ccc(Cc2nc3ccccc3n2C)o1. The third-order valence-electron chi connectivity index (χ3n) is 3.28. The van der Waals surface area contributed by atoms with E-state index in [1.54, 1.807) is 0 Å². The summed E-state index contributed by atoms with van der Waals surface area (Å²) in [6.45, 7) is 0.753. The van der Waals surface area contributed by atoms with Gasteiger partial charge >= 0.3 is 0 Å². The molecule has 2 heterocycles. The largest absolute Gasteiger partial charge is 0.464 e. The third kappa shape index (κ3) is 2.27. The number of fused-ring (bicyclic) bond motifs is 1. The first kappa shape index (κ1) is 12.0. The third-order valence-corrected chi connectivity index (χ3v) is 3.28. The second kappa shape index (κ2) is 4.90. The lowest BCUT2D eigenvalue weighted by Gasteiger charge is -2.00. The Kier molecular flexibility index (Phi) is 3.09. The number of benzene rings is 1. The molecule has 1 aromatic carbocycles. The van der Waals surface area contributed by atoms with Gasteiger partial charge in [-0.15, -0.1) is 0 Å². The molecular weight excluding hydrogens is 238 g/mol. The molecule has 0 spiro atoms. The van der Waals surface area contributed by atoms with Crippen LogP contribution >= 0.6 is 0 Å². The molecule has 0 aliphatic heterocycles. The predicted octanol–water partition coefficient (Wildman–Crippen LogP) is 2.48. The summed E-state index contributed by atoms with van der Waals surface area (Å²) in [5, 5.41) is 3.08. The van der Waals surface area contributed by atoms with Gasteiger partial charge in [0.05, 0.1) is 24.0 Å². The van der Waals surface area contributed by atoms with Crippen LogP contribution in [-0.4, -0.2) is 16.6 Å². The van der Waals surface area contributed by atoms with Crippen molar-refractivity contribution in [2.75, 3.05) is 7.05 Å². The van der Waals surface area contributed by atoms with E-state index in [0.717, 1.165) is 41.3 Å². The lowest BCUT2D eigenvalue weighted by atomic mass is 10.3. The van der Waals surface area contributed by atoms with E-state index in [9.17, 15) is 0 Å². The molecular formula is C15H17N3O. The zero-order chi connectivity index (χ0) is 13.2. The van der Waals surface area contributed by atoms with Crippen molar-refractivity contribution in [1.29, 1.82) is 0 Å². The molecule has 0 radical (unpaired) electrons. The summed E-state index contributed by atoms with van der Waals surface area (Å²) in [5.41, 5.74) is 2.18. The number of imidazole rings is 1. The van der Waals surface area contributed by atoms with Crippen LogP contribution in [0.4, 0.5) is 0 Å². The van der Waals surface area contributed by atoms with E-state index in [1.165, 1.54) is 0 Å². The van der Waals surface area contributed by atoms with Gasteiger partial charge in [0.1, 0.15) is 17.3 Å². The van der Waals surface area contributed by atoms with E-state index in [1.807, 2.05) is 44.4 Å². The molecule has 3 rings (SSSR count). The zero-order valence-corrected chi connectivity index (χ0v) is 11.2. The van der Waals surface area contributed by atoms with E-state index in [0.29, 0.717) is 0 Å². The molecule has 4 heteroatoms. The highest BCUT2D eigenvalue weighted by Crippen LogP contribution is 2.18.